The molecule has 0 fully saturated rings. The van der Waals surface area contributed by atoms with E-state index >= 15 is 0 Å². The van der Waals surface area contributed by atoms with Crippen molar-refractivity contribution in [3.63, 3.8) is 0 Å². The number of benzene rings is 2. The Bertz CT molecular complexity index is 384. The zero-order chi connectivity index (χ0) is 11.1. The Labute approximate surface area is 123 Å². The van der Waals surface area contributed by atoms with Gasteiger partial charge in [-0.05, 0) is 75.5 Å². The Morgan fingerprint density at radius 2 is 1.27 bits per heavy atom. The van der Waals surface area contributed by atoms with Gasteiger partial charge in [-0.2, -0.15) is 0 Å². The molecule has 0 bridgehead atoms. The van der Waals surface area contributed by atoms with E-state index in [2.05, 4.69) is 82.1 Å². The smallest absolute Gasteiger partial charge is 0.0140 e. The molecule has 0 aliphatic heterocycles. The van der Waals surface area contributed by atoms with E-state index in [1.54, 1.807) is 0 Å². The van der Waals surface area contributed by atoms with Gasteiger partial charge in [-0.3, -0.25) is 0 Å². The molecule has 0 radical (unpaired) electrons. The average molecular weight is 440 g/mol. The summed E-state index contributed by atoms with van der Waals surface area (Å²) in [7, 11) is 0. The van der Waals surface area contributed by atoms with Crippen molar-refractivity contribution in [1.29, 1.82) is 0 Å². The Morgan fingerprint density at radius 1 is 0.733 bits per heavy atom. The van der Waals surface area contributed by atoms with Gasteiger partial charge in [0.15, 0.2) is 0 Å². The highest BCUT2D eigenvalue weighted by Gasteiger charge is 1.84. The van der Waals surface area contributed by atoms with Crippen molar-refractivity contribution < 1.29 is 0 Å². The lowest BCUT2D eigenvalue weighted by Crippen LogP contribution is -1.69. The van der Waals surface area contributed by atoms with Crippen LogP contribution in [-0.2, 0) is 0 Å². The highest BCUT2D eigenvalue weighted by Crippen LogP contribution is 2.08. The van der Waals surface area contributed by atoms with Crippen LogP contribution in [0.25, 0.3) is 0 Å². The number of hydrogen-bond acceptors (Lipinski definition) is 1. The van der Waals surface area contributed by atoms with Gasteiger partial charge in [0, 0.05) is 12.0 Å². The normalized spacial score (nSPS) is 9.00. The number of hydrogen-bond donors (Lipinski definition) is 1. The second-order valence-corrected chi connectivity index (χ2v) is 5.78. The van der Waals surface area contributed by atoms with Gasteiger partial charge in [-0.15, -0.1) is 12.6 Å². The van der Waals surface area contributed by atoms with Gasteiger partial charge in [0.1, 0.15) is 0 Å². The summed E-state index contributed by atoms with van der Waals surface area (Å²) in [6.07, 6.45) is 0. The summed E-state index contributed by atoms with van der Waals surface area (Å²) in [4.78, 5) is 1.02. The third kappa shape index (κ3) is 6.42. The summed E-state index contributed by atoms with van der Waals surface area (Å²) in [6, 6.07) is 18.2. The summed E-state index contributed by atoms with van der Waals surface area (Å²) < 4.78 is 2.60. The fourth-order valence-corrected chi connectivity index (χ4v) is 2.74. The van der Waals surface area contributed by atoms with Gasteiger partial charge in [0.2, 0.25) is 0 Å². The third-order valence-electron chi connectivity index (χ3n) is 1.54. The topological polar surface area (TPSA) is 0 Å². The summed E-state index contributed by atoms with van der Waals surface area (Å²) in [5.74, 6) is 0. The molecule has 0 spiro atoms. The fraction of sp³-hybridized carbons (Fsp3) is 0. The van der Waals surface area contributed by atoms with Crippen LogP contribution in [0.3, 0.4) is 0 Å². The first-order valence-corrected chi connectivity index (χ1v) is 6.94. The molecule has 2 aromatic rings. The molecule has 0 aromatic heterocycles. The second kappa shape index (κ2) is 7.51. The van der Waals surface area contributed by atoms with Crippen LogP contribution < -0.4 is 0 Å². The molecule has 2 aromatic carbocycles. The van der Waals surface area contributed by atoms with Crippen molar-refractivity contribution in [3.05, 3.63) is 61.7 Å². The molecule has 3 heteroatoms. The minimum atomic E-state index is 1.02. The van der Waals surface area contributed by atoms with Crippen LogP contribution in [0.1, 0.15) is 0 Å². The number of halogens is 2. The maximum absolute atomic E-state index is 4.08. The van der Waals surface area contributed by atoms with Crippen LogP contribution in [0, 0.1) is 7.14 Å². The van der Waals surface area contributed by atoms with Crippen LogP contribution in [-0.4, -0.2) is 0 Å². The zero-order valence-corrected chi connectivity index (χ0v) is 13.1. The number of rotatable bonds is 0. The first-order valence-electron chi connectivity index (χ1n) is 4.33. The molecular formula is C12H10I2S. The Balaban J connectivity index is 0.000000151. The van der Waals surface area contributed by atoms with E-state index < -0.39 is 0 Å². The standard InChI is InChI=1S/C6H4I2.C6H6S/c7-5-2-1-3-6(8)4-5;7-6-4-2-1-3-5-6/h1-4H;1-5,7H. The zero-order valence-electron chi connectivity index (χ0n) is 7.90. The molecule has 0 saturated heterocycles. The first-order chi connectivity index (χ1) is 7.18. The van der Waals surface area contributed by atoms with Crippen LogP contribution in [0.15, 0.2) is 59.5 Å². The molecule has 0 unspecified atom stereocenters. The van der Waals surface area contributed by atoms with E-state index in [-0.39, 0.29) is 0 Å². The van der Waals surface area contributed by atoms with E-state index in [0.29, 0.717) is 0 Å². The molecule has 0 aliphatic carbocycles. The molecular weight excluding hydrogens is 430 g/mol. The van der Waals surface area contributed by atoms with E-state index in [0.717, 1.165) is 4.90 Å². The first kappa shape index (κ1) is 13.3. The van der Waals surface area contributed by atoms with Gasteiger partial charge in [-0.1, -0.05) is 24.3 Å². The van der Waals surface area contributed by atoms with Crippen LogP contribution >= 0.6 is 57.8 Å². The average Bonchev–Trinajstić information content (AvgIpc) is 2.19. The Hall–Kier alpha value is 0.250. The molecule has 78 valence electrons. The summed E-state index contributed by atoms with van der Waals surface area (Å²) >= 11 is 8.69. The maximum Gasteiger partial charge on any atom is 0.0140 e. The molecule has 0 atom stereocenters. The van der Waals surface area contributed by atoms with Gasteiger partial charge >= 0.3 is 0 Å². The van der Waals surface area contributed by atoms with Crippen LogP contribution in [0.4, 0.5) is 0 Å². The molecule has 0 aliphatic rings. The predicted octanol–water partition coefficient (Wildman–Crippen LogP) is 4.87. The van der Waals surface area contributed by atoms with Gasteiger partial charge < -0.3 is 0 Å². The van der Waals surface area contributed by atoms with Crippen LogP contribution in [0.2, 0.25) is 0 Å². The van der Waals surface area contributed by atoms with Crippen LogP contribution in [0.5, 0.6) is 0 Å². The summed E-state index contributed by atoms with van der Waals surface area (Å²) in [5.41, 5.74) is 0. The van der Waals surface area contributed by atoms with E-state index in [1.807, 2.05) is 30.3 Å². The van der Waals surface area contributed by atoms with E-state index in [9.17, 15) is 0 Å². The third-order valence-corrected chi connectivity index (χ3v) is 3.18. The Morgan fingerprint density at radius 3 is 1.53 bits per heavy atom. The molecule has 0 N–H and O–H groups in total. The highest BCUT2D eigenvalue weighted by molar-refractivity contribution is 14.1. The van der Waals surface area contributed by atoms with E-state index in [1.165, 1.54) is 7.14 Å². The monoisotopic (exact) mass is 440 g/mol. The van der Waals surface area contributed by atoms with Crippen molar-refractivity contribution in [2.75, 3.05) is 0 Å². The Kier molecular flexibility index (Phi) is 6.67. The largest absolute Gasteiger partial charge is 0.143 e. The van der Waals surface area contributed by atoms with Gasteiger partial charge in [-0.25, -0.2) is 0 Å². The van der Waals surface area contributed by atoms with Gasteiger partial charge in [0.05, 0.1) is 0 Å². The molecule has 0 nitrogen and oxygen atoms in total. The lowest BCUT2D eigenvalue weighted by molar-refractivity contribution is 1.48. The quantitative estimate of drug-likeness (QED) is 0.439. The van der Waals surface area contributed by atoms with Crippen molar-refractivity contribution in [2.24, 2.45) is 0 Å². The minimum absolute atomic E-state index is 1.02. The lowest BCUT2D eigenvalue weighted by Gasteiger charge is -1.87. The minimum Gasteiger partial charge on any atom is -0.143 e. The summed E-state index contributed by atoms with van der Waals surface area (Å²) in [5, 5.41) is 0. The molecule has 15 heavy (non-hydrogen) atoms. The second-order valence-electron chi connectivity index (χ2n) is 2.78. The van der Waals surface area contributed by atoms with Crippen molar-refractivity contribution in [3.8, 4) is 0 Å². The fourth-order valence-electron chi connectivity index (χ4n) is 0.888. The van der Waals surface area contributed by atoms with Crippen molar-refractivity contribution >= 4 is 57.8 Å². The molecule has 0 heterocycles. The van der Waals surface area contributed by atoms with Gasteiger partial charge in [0.25, 0.3) is 0 Å². The lowest BCUT2D eigenvalue weighted by atomic mass is 10.4. The molecule has 0 amide bonds. The predicted molar refractivity (Wildman–Crippen MR) is 85.6 cm³/mol. The van der Waals surface area contributed by atoms with E-state index in [4.69, 9.17) is 0 Å². The summed E-state index contributed by atoms with van der Waals surface area (Å²) in [6.45, 7) is 0. The van der Waals surface area contributed by atoms with Crippen molar-refractivity contribution in [1.82, 2.24) is 0 Å². The molecule has 2 rings (SSSR count). The van der Waals surface area contributed by atoms with Crippen molar-refractivity contribution in [2.45, 2.75) is 4.90 Å². The maximum atomic E-state index is 4.08. The number of thiol groups is 1. The molecule has 0 saturated carbocycles. The highest BCUT2D eigenvalue weighted by atomic mass is 127. The SMILES string of the molecule is Ic1cccc(I)c1.Sc1ccccc1.